The van der Waals surface area contributed by atoms with Gasteiger partial charge in [0.05, 0.1) is 37.0 Å². The van der Waals surface area contributed by atoms with Gasteiger partial charge in [-0.3, -0.25) is 10.1 Å². The first-order valence-corrected chi connectivity index (χ1v) is 5.58. The summed E-state index contributed by atoms with van der Waals surface area (Å²) in [6.45, 7) is 0. The Balaban J connectivity index is 2.31. The number of aromatic amines is 1. The van der Waals surface area contributed by atoms with Crippen molar-refractivity contribution >= 4 is 17.9 Å². The van der Waals surface area contributed by atoms with E-state index in [4.69, 9.17) is 9.47 Å². The maximum atomic E-state index is 11.1. The van der Waals surface area contributed by atoms with E-state index in [0.717, 1.165) is 0 Å². The van der Waals surface area contributed by atoms with Crippen LogP contribution in [-0.4, -0.2) is 46.0 Å². The van der Waals surface area contributed by atoms with E-state index in [2.05, 4.69) is 31.2 Å². The number of nitrogens with one attached hydrogen (secondary N) is 2. The van der Waals surface area contributed by atoms with E-state index < -0.39 is 4.92 Å². The average Bonchev–Trinajstić information content (AvgIpc) is 2.99. The maximum absolute atomic E-state index is 11.1. The summed E-state index contributed by atoms with van der Waals surface area (Å²) in [7, 11) is 2.83. The molecule has 11 nitrogen and oxygen atoms in total. The largest absolute Gasteiger partial charge is 0.493 e. The first kappa shape index (κ1) is 14.2. The summed E-state index contributed by atoms with van der Waals surface area (Å²) in [6.07, 6.45) is 1.25. The highest BCUT2D eigenvalue weighted by atomic mass is 16.6. The predicted octanol–water partition coefficient (Wildman–Crippen LogP) is 0.571. The molecule has 110 valence electrons. The Hall–Kier alpha value is -3.24. The molecule has 0 amide bonds. The summed E-state index contributed by atoms with van der Waals surface area (Å²) in [5.74, 6) is 0.742. The van der Waals surface area contributed by atoms with Crippen molar-refractivity contribution in [2.45, 2.75) is 0 Å². The van der Waals surface area contributed by atoms with Crippen molar-refractivity contribution in [1.82, 2.24) is 20.6 Å². The van der Waals surface area contributed by atoms with Crippen LogP contribution in [0.5, 0.6) is 11.5 Å². The quantitative estimate of drug-likeness (QED) is 0.447. The Morgan fingerprint density at radius 3 is 2.67 bits per heavy atom. The third-order valence-corrected chi connectivity index (χ3v) is 2.44. The lowest BCUT2D eigenvalue weighted by Gasteiger charge is -2.08. The molecule has 0 fully saturated rings. The molecule has 2 N–H and O–H groups in total. The Morgan fingerprint density at radius 1 is 1.38 bits per heavy atom. The number of methoxy groups -OCH3 is 2. The topological polar surface area (TPSA) is 140 Å². The summed E-state index contributed by atoms with van der Waals surface area (Å²) >= 11 is 0. The van der Waals surface area contributed by atoms with Crippen molar-refractivity contribution in [2.75, 3.05) is 19.6 Å². The van der Waals surface area contributed by atoms with Crippen LogP contribution in [0, 0.1) is 10.1 Å². The van der Waals surface area contributed by atoms with Crippen molar-refractivity contribution in [3.63, 3.8) is 0 Å². The number of H-pyrrole nitrogens is 1. The van der Waals surface area contributed by atoms with Gasteiger partial charge in [-0.25, -0.2) is 5.43 Å². The lowest BCUT2D eigenvalue weighted by atomic mass is 10.1. The van der Waals surface area contributed by atoms with Gasteiger partial charge in [0, 0.05) is 0 Å². The lowest BCUT2D eigenvalue weighted by molar-refractivity contribution is -0.385. The minimum absolute atomic E-state index is 0.134. The zero-order valence-corrected chi connectivity index (χ0v) is 11.1. The fourth-order valence-electron chi connectivity index (χ4n) is 1.51. The number of anilines is 1. The van der Waals surface area contributed by atoms with Gasteiger partial charge < -0.3 is 9.47 Å². The van der Waals surface area contributed by atoms with Gasteiger partial charge in [-0.15, -0.1) is 5.10 Å². The van der Waals surface area contributed by atoms with E-state index in [1.54, 1.807) is 0 Å². The molecule has 0 atom stereocenters. The number of hydrogen-bond donors (Lipinski definition) is 2. The first-order chi connectivity index (χ1) is 10.2. The van der Waals surface area contributed by atoms with Gasteiger partial charge in [-0.2, -0.15) is 10.3 Å². The second-order valence-electron chi connectivity index (χ2n) is 3.63. The number of benzene rings is 1. The second kappa shape index (κ2) is 6.27. The molecule has 0 aliphatic carbocycles. The Morgan fingerprint density at radius 2 is 2.10 bits per heavy atom. The third kappa shape index (κ3) is 3.20. The van der Waals surface area contributed by atoms with E-state index >= 15 is 0 Å². The molecular weight excluding hydrogens is 282 g/mol. The van der Waals surface area contributed by atoms with E-state index in [0.29, 0.717) is 5.75 Å². The molecule has 0 aliphatic heterocycles. The molecule has 0 spiro atoms. The van der Waals surface area contributed by atoms with Crippen LogP contribution < -0.4 is 14.9 Å². The number of hydrazone groups is 1. The third-order valence-electron chi connectivity index (χ3n) is 2.44. The van der Waals surface area contributed by atoms with Gasteiger partial charge in [0.1, 0.15) is 0 Å². The highest BCUT2D eigenvalue weighted by Crippen LogP contribution is 2.33. The van der Waals surface area contributed by atoms with Gasteiger partial charge in [0.25, 0.3) is 11.6 Å². The van der Waals surface area contributed by atoms with Gasteiger partial charge in [-0.1, -0.05) is 5.10 Å². The molecule has 2 rings (SSSR count). The standard InChI is InChI=1S/C10H11N7O4/c1-20-8-3-6(5-11-12-10-13-15-16-14-10)7(17(18)19)4-9(8)21-2/h3-5H,1-2H3,(H2,12,13,14,15,16)/b11-5+. The number of aromatic nitrogens is 4. The number of rotatable bonds is 6. The molecular formula is C10H11N7O4. The molecule has 0 saturated carbocycles. The summed E-state index contributed by atoms with van der Waals surface area (Å²) in [6, 6.07) is 2.70. The van der Waals surface area contributed by atoms with Crippen LogP contribution in [0.3, 0.4) is 0 Å². The van der Waals surface area contributed by atoms with Crippen LogP contribution in [0.1, 0.15) is 5.56 Å². The van der Waals surface area contributed by atoms with E-state index in [9.17, 15) is 10.1 Å². The van der Waals surface area contributed by atoms with Gasteiger partial charge in [-0.05, 0) is 11.3 Å². The van der Waals surface area contributed by atoms with E-state index in [1.807, 2.05) is 0 Å². The molecule has 0 saturated heterocycles. The molecule has 2 aromatic rings. The summed E-state index contributed by atoms with van der Waals surface area (Å²) < 4.78 is 10.1. The van der Waals surface area contributed by atoms with Crippen LogP contribution in [-0.2, 0) is 0 Å². The minimum atomic E-state index is -0.544. The number of hydrogen-bond acceptors (Lipinski definition) is 9. The molecule has 0 radical (unpaired) electrons. The number of nitrogens with zero attached hydrogens (tertiary/aromatic N) is 5. The van der Waals surface area contributed by atoms with Crippen LogP contribution in [0.4, 0.5) is 11.6 Å². The van der Waals surface area contributed by atoms with E-state index in [-0.39, 0.29) is 22.9 Å². The van der Waals surface area contributed by atoms with Crippen molar-refractivity contribution in [3.05, 3.63) is 27.8 Å². The molecule has 1 aromatic carbocycles. The van der Waals surface area contributed by atoms with Gasteiger partial charge in [0.2, 0.25) is 0 Å². The molecule has 0 unspecified atom stereocenters. The van der Waals surface area contributed by atoms with E-state index in [1.165, 1.54) is 32.6 Å². The summed E-state index contributed by atoms with van der Waals surface area (Å²) in [5.41, 5.74) is 2.52. The molecule has 11 heteroatoms. The normalized spacial score (nSPS) is 10.6. The average molecular weight is 293 g/mol. The highest BCUT2D eigenvalue weighted by Gasteiger charge is 2.18. The van der Waals surface area contributed by atoms with Crippen molar-refractivity contribution in [1.29, 1.82) is 0 Å². The summed E-state index contributed by atoms with van der Waals surface area (Å²) in [5, 5.41) is 27.7. The Bertz CT molecular complexity index is 656. The molecule has 0 aliphatic rings. The monoisotopic (exact) mass is 293 g/mol. The van der Waals surface area contributed by atoms with Crippen molar-refractivity contribution < 1.29 is 14.4 Å². The minimum Gasteiger partial charge on any atom is -0.493 e. The lowest BCUT2D eigenvalue weighted by Crippen LogP contribution is -2.00. The van der Waals surface area contributed by atoms with Crippen LogP contribution in [0.15, 0.2) is 17.2 Å². The maximum Gasteiger partial charge on any atom is 0.283 e. The molecule has 1 heterocycles. The molecule has 21 heavy (non-hydrogen) atoms. The fraction of sp³-hybridized carbons (Fsp3) is 0.200. The summed E-state index contributed by atoms with van der Waals surface area (Å²) in [4.78, 5) is 10.5. The fourth-order valence-corrected chi connectivity index (χ4v) is 1.51. The van der Waals surface area contributed by atoms with Crippen LogP contribution >= 0.6 is 0 Å². The SMILES string of the molecule is COc1cc(/C=N/Nc2nn[nH]n2)c([N+](=O)[O-])cc1OC. The van der Waals surface area contributed by atoms with Crippen LogP contribution in [0.25, 0.3) is 0 Å². The zero-order chi connectivity index (χ0) is 15.2. The number of ether oxygens (including phenoxy) is 2. The van der Waals surface area contributed by atoms with Gasteiger partial charge >= 0.3 is 0 Å². The Labute approximate surface area is 118 Å². The first-order valence-electron chi connectivity index (χ1n) is 5.58. The smallest absolute Gasteiger partial charge is 0.283 e. The number of tetrazole rings is 1. The number of nitro benzene ring substituents is 1. The van der Waals surface area contributed by atoms with Crippen LogP contribution in [0.2, 0.25) is 0 Å². The number of nitro groups is 1. The van der Waals surface area contributed by atoms with Crippen molar-refractivity contribution in [3.8, 4) is 11.5 Å². The highest BCUT2D eigenvalue weighted by molar-refractivity contribution is 5.87. The zero-order valence-electron chi connectivity index (χ0n) is 11.1. The second-order valence-corrected chi connectivity index (χ2v) is 3.63. The molecule has 1 aromatic heterocycles. The van der Waals surface area contributed by atoms with Gasteiger partial charge in [0.15, 0.2) is 11.5 Å². The predicted molar refractivity (Wildman–Crippen MR) is 71.6 cm³/mol. The van der Waals surface area contributed by atoms with Crippen molar-refractivity contribution in [2.24, 2.45) is 5.10 Å². The Kier molecular flexibility index (Phi) is 4.23. The molecule has 0 bridgehead atoms.